The van der Waals surface area contributed by atoms with Crippen LogP contribution in [-0.4, -0.2) is 48.1 Å². The summed E-state index contributed by atoms with van der Waals surface area (Å²) in [6, 6.07) is 12.7. The van der Waals surface area contributed by atoms with Crippen LogP contribution in [0.3, 0.4) is 0 Å². The van der Waals surface area contributed by atoms with E-state index in [2.05, 4.69) is 38.9 Å². The van der Waals surface area contributed by atoms with Gasteiger partial charge in [-0.25, -0.2) is 14.4 Å². The molecule has 0 radical (unpaired) electrons. The molecule has 2 heterocycles. The van der Waals surface area contributed by atoms with Gasteiger partial charge in [-0.05, 0) is 37.4 Å². The molecule has 6 heteroatoms. The molecule has 1 aliphatic heterocycles. The Kier molecular flexibility index (Phi) is 3.97. The van der Waals surface area contributed by atoms with Gasteiger partial charge in [-0.1, -0.05) is 12.1 Å². The number of rotatable bonds is 2. The van der Waals surface area contributed by atoms with Crippen LogP contribution in [0.25, 0.3) is 22.2 Å². The van der Waals surface area contributed by atoms with Crippen LogP contribution >= 0.6 is 0 Å². The lowest BCUT2D eigenvalue weighted by atomic mass is 10.0. The van der Waals surface area contributed by atoms with Crippen molar-refractivity contribution in [1.29, 1.82) is 0 Å². The van der Waals surface area contributed by atoms with Crippen molar-refractivity contribution in [1.82, 2.24) is 14.9 Å². The summed E-state index contributed by atoms with van der Waals surface area (Å²) in [5.74, 6) is -0.114. The van der Waals surface area contributed by atoms with E-state index in [-0.39, 0.29) is 11.8 Å². The highest BCUT2D eigenvalue weighted by Gasteiger charge is 2.16. The van der Waals surface area contributed by atoms with E-state index < -0.39 is 0 Å². The van der Waals surface area contributed by atoms with Gasteiger partial charge in [0.1, 0.15) is 5.82 Å². The first-order valence-electron chi connectivity index (χ1n) is 8.37. The molecule has 2 aromatic carbocycles. The molecule has 0 amide bonds. The van der Waals surface area contributed by atoms with Crippen molar-refractivity contribution in [3.63, 3.8) is 0 Å². The summed E-state index contributed by atoms with van der Waals surface area (Å²) >= 11 is 0. The molecule has 128 valence electrons. The summed E-state index contributed by atoms with van der Waals surface area (Å²) in [4.78, 5) is 13.3. The minimum Gasteiger partial charge on any atom is -0.369 e. The van der Waals surface area contributed by atoms with Crippen LogP contribution in [0.4, 0.5) is 16.0 Å². The van der Waals surface area contributed by atoms with Crippen LogP contribution in [0.5, 0.6) is 0 Å². The predicted molar refractivity (Wildman–Crippen MR) is 99.1 cm³/mol. The average Bonchev–Trinajstić information content (AvgIpc) is 2.62. The predicted octanol–water partition coefficient (Wildman–Crippen LogP) is 2.77. The van der Waals surface area contributed by atoms with Gasteiger partial charge < -0.3 is 15.5 Å². The highest BCUT2D eigenvalue weighted by molar-refractivity contribution is 5.93. The number of halogens is 1. The minimum absolute atomic E-state index is 0.194. The fourth-order valence-corrected chi connectivity index (χ4v) is 3.25. The molecule has 1 aliphatic rings. The van der Waals surface area contributed by atoms with E-state index in [1.54, 1.807) is 6.07 Å². The number of likely N-dealkylation sites (N-methyl/N-ethyl adjacent to an activating group) is 1. The monoisotopic (exact) mass is 337 g/mol. The third kappa shape index (κ3) is 3.13. The summed E-state index contributed by atoms with van der Waals surface area (Å²) in [5.41, 5.74) is 9.24. The van der Waals surface area contributed by atoms with Crippen molar-refractivity contribution in [2.24, 2.45) is 0 Å². The summed E-state index contributed by atoms with van der Waals surface area (Å²) in [7, 11) is 2.14. The van der Waals surface area contributed by atoms with Crippen molar-refractivity contribution < 1.29 is 4.39 Å². The van der Waals surface area contributed by atoms with Crippen LogP contribution in [0.2, 0.25) is 0 Å². The third-order valence-corrected chi connectivity index (χ3v) is 4.66. The highest BCUT2D eigenvalue weighted by atomic mass is 19.1. The Labute approximate surface area is 145 Å². The molecule has 0 aliphatic carbocycles. The first-order valence-corrected chi connectivity index (χ1v) is 8.37. The van der Waals surface area contributed by atoms with E-state index in [4.69, 9.17) is 5.73 Å². The van der Waals surface area contributed by atoms with E-state index >= 15 is 0 Å². The van der Waals surface area contributed by atoms with E-state index in [0.29, 0.717) is 16.6 Å². The van der Waals surface area contributed by atoms with E-state index in [1.807, 2.05) is 12.1 Å². The number of aromatic nitrogens is 2. The standard InChI is InChI=1S/C19H20FN5/c1-24-7-9-25(10-8-24)15-4-2-3-13(11-15)18-16-12-14(20)5-6-17(16)22-19(21)23-18/h2-6,11-12H,7-10H2,1H3,(H2,21,22,23). The topological polar surface area (TPSA) is 58.3 Å². The Balaban J connectivity index is 1.79. The molecular weight excluding hydrogens is 317 g/mol. The molecule has 0 unspecified atom stereocenters. The zero-order valence-corrected chi connectivity index (χ0v) is 14.1. The average molecular weight is 337 g/mol. The SMILES string of the molecule is CN1CCN(c2cccc(-c3nc(N)nc4ccc(F)cc34)c2)CC1. The molecular formula is C19H20FN5. The first-order chi connectivity index (χ1) is 12.1. The molecule has 0 saturated carbocycles. The van der Waals surface area contributed by atoms with Gasteiger partial charge in [0.05, 0.1) is 11.2 Å². The van der Waals surface area contributed by atoms with Gasteiger partial charge in [0.2, 0.25) is 5.95 Å². The van der Waals surface area contributed by atoms with Crippen molar-refractivity contribution >= 4 is 22.5 Å². The van der Waals surface area contributed by atoms with Gasteiger partial charge in [0.25, 0.3) is 0 Å². The highest BCUT2D eigenvalue weighted by Crippen LogP contribution is 2.30. The normalized spacial score (nSPS) is 15.7. The van der Waals surface area contributed by atoms with Crippen molar-refractivity contribution in [3.05, 3.63) is 48.3 Å². The second-order valence-corrected chi connectivity index (χ2v) is 6.43. The Morgan fingerprint density at radius 1 is 1.00 bits per heavy atom. The maximum atomic E-state index is 13.7. The fourth-order valence-electron chi connectivity index (χ4n) is 3.25. The smallest absolute Gasteiger partial charge is 0.221 e. The molecule has 0 spiro atoms. The Bertz CT molecular complexity index is 919. The van der Waals surface area contributed by atoms with Gasteiger partial charge in [-0.3, -0.25) is 0 Å². The van der Waals surface area contributed by atoms with Crippen LogP contribution in [0, 0.1) is 5.82 Å². The molecule has 1 fully saturated rings. The Morgan fingerprint density at radius 3 is 2.60 bits per heavy atom. The second kappa shape index (κ2) is 6.29. The van der Waals surface area contributed by atoms with Crippen LogP contribution in [0.1, 0.15) is 0 Å². The lowest BCUT2D eigenvalue weighted by molar-refractivity contribution is 0.313. The lowest BCUT2D eigenvalue weighted by Crippen LogP contribution is -2.44. The van der Waals surface area contributed by atoms with Crippen LogP contribution in [0.15, 0.2) is 42.5 Å². The second-order valence-electron chi connectivity index (χ2n) is 6.43. The number of nitrogens with two attached hydrogens (primary N) is 1. The largest absolute Gasteiger partial charge is 0.369 e. The third-order valence-electron chi connectivity index (χ3n) is 4.66. The summed E-state index contributed by atoms with van der Waals surface area (Å²) in [6.45, 7) is 4.06. The maximum Gasteiger partial charge on any atom is 0.221 e. The molecule has 25 heavy (non-hydrogen) atoms. The maximum absolute atomic E-state index is 13.7. The van der Waals surface area contributed by atoms with Gasteiger partial charge in [0.15, 0.2) is 0 Å². The van der Waals surface area contributed by atoms with Gasteiger partial charge in [-0.15, -0.1) is 0 Å². The molecule has 1 saturated heterocycles. The first kappa shape index (κ1) is 15.8. The van der Waals surface area contributed by atoms with Crippen molar-refractivity contribution in [3.8, 4) is 11.3 Å². The molecule has 5 nitrogen and oxygen atoms in total. The number of nitrogens with zero attached hydrogens (tertiary/aromatic N) is 4. The Morgan fingerprint density at radius 2 is 1.80 bits per heavy atom. The lowest BCUT2D eigenvalue weighted by Gasteiger charge is -2.34. The van der Waals surface area contributed by atoms with Crippen molar-refractivity contribution in [2.75, 3.05) is 43.9 Å². The minimum atomic E-state index is -0.308. The molecule has 4 rings (SSSR count). The van der Waals surface area contributed by atoms with Crippen LogP contribution < -0.4 is 10.6 Å². The Hall–Kier alpha value is -2.73. The van der Waals surface area contributed by atoms with E-state index in [0.717, 1.165) is 37.4 Å². The number of nitrogen functional groups attached to an aromatic ring is 1. The number of benzene rings is 2. The van der Waals surface area contributed by atoms with Crippen molar-refractivity contribution in [2.45, 2.75) is 0 Å². The number of anilines is 2. The number of fused-ring (bicyclic) bond motifs is 1. The molecule has 2 N–H and O–H groups in total. The van der Waals surface area contributed by atoms with E-state index in [9.17, 15) is 4.39 Å². The number of hydrogen-bond acceptors (Lipinski definition) is 5. The molecule has 0 bridgehead atoms. The summed E-state index contributed by atoms with van der Waals surface area (Å²) < 4.78 is 13.7. The number of hydrogen-bond donors (Lipinski definition) is 1. The molecule has 1 aromatic heterocycles. The zero-order valence-electron chi connectivity index (χ0n) is 14.1. The quantitative estimate of drug-likeness (QED) is 0.779. The van der Waals surface area contributed by atoms with Gasteiger partial charge in [0, 0.05) is 42.8 Å². The summed E-state index contributed by atoms with van der Waals surface area (Å²) in [6.07, 6.45) is 0. The van der Waals surface area contributed by atoms with Gasteiger partial charge >= 0.3 is 0 Å². The van der Waals surface area contributed by atoms with Gasteiger partial charge in [-0.2, -0.15) is 0 Å². The molecule has 3 aromatic rings. The zero-order chi connectivity index (χ0) is 17.4. The summed E-state index contributed by atoms with van der Waals surface area (Å²) in [5, 5.41) is 0.671. The molecule has 0 atom stereocenters. The van der Waals surface area contributed by atoms with E-state index in [1.165, 1.54) is 12.1 Å². The fraction of sp³-hybridized carbons (Fsp3) is 0.263. The number of piperazine rings is 1. The van der Waals surface area contributed by atoms with Crippen LogP contribution in [-0.2, 0) is 0 Å².